The molecule has 0 spiro atoms. The van der Waals surface area contributed by atoms with E-state index in [1.165, 1.54) is 6.07 Å². The first-order valence-corrected chi connectivity index (χ1v) is 5.81. The molecule has 1 aliphatic rings. The Kier molecular flexibility index (Phi) is 3.61. The Bertz CT molecular complexity index is 491. The number of anilines is 1. The van der Waals surface area contributed by atoms with Crippen LogP contribution in [0.3, 0.4) is 0 Å². The van der Waals surface area contributed by atoms with Crippen LogP contribution in [0, 0.1) is 6.92 Å². The monoisotopic (exact) mass is 252 g/mol. The van der Waals surface area contributed by atoms with Crippen LogP contribution in [0.15, 0.2) is 10.9 Å². The van der Waals surface area contributed by atoms with Crippen molar-refractivity contribution in [1.82, 2.24) is 14.9 Å². The number of aromatic nitrogens is 2. The van der Waals surface area contributed by atoms with Crippen LogP contribution < -0.4 is 10.5 Å². The zero-order valence-corrected chi connectivity index (χ0v) is 10.2. The third kappa shape index (κ3) is 3.07. The van der Waals surface area contributed by atoms with Crippen molar-refractivity contribution in [2.75, 3.05) is 37.6 Å². The number of aryl methyl sites for hydroxylation is 1. The maximum atomic E-state index is 11.4. The zero-order chi connectivity index (χ0) is 13.1. The fraction of sp³-hybridized carbons (Fsp3) is 0.545. The molecule has 0 bridgehead atoms. The average molecular weight is 252 g/mol. The molecule has 0 amide bonds. The standard InChI is InChI=1S/C11H16N4O3/c1-8-12-9(6-10(16)13-8)15-4-2-14(3-5-15)7-11(17)18/h6H,2-5,7H2,1H3,(H,17,18)(H,12,13,16). The SMILES string of the molecule is Cc1nc(N2CCN(CC(=O)O)CC2)cc(=O)[nH]1. The summed E-state index contributed by atoms with van der Waals surface area (Å²) in [5.41, 5.74) is -0.162. The normalized spacial score (nSPS) is 16.8. The maximum Gasteiger partial charge on any atom is 0.317 e. The summed E-state index contributed by atoms with van der Waals surface area (Å²) in [5.74, 6) is 0.435. The number of aromatic amines is 1. The molecular formula is C11H16N4O3. The van der Waals surface area contributed by atoms with Crippen LogP contribution in [0.2, 0.25) is 0 Å². The fourth-order valence-corrected chi connectivity index (χ4v) is 2.05. The minimum absolute atomic E-state index is 0.0651. The number of nitrogens with zero attached hydrogens (tertiary/aromatic N) is 3. The molecule has 1 aromatic heterocycles. The molecule has 1 fully saturated rings. The van der Waals surface area contributed by atoms with Crippen LogP contribution in [0.5, 0.6) is 0 Å². The molecule has 0 aliphatic carbocycles. The molecule has 2 heterocycles. The number of piperazine rings is 1. The van der Waals surface area contributed by atoms with Crippen LogP contribution in [0.25, 0.3) is 0 Å². The van der Waals surface area contributed by atoms with Crippen LogP contribution >= 0.6 is 0 Å². The van der Waals surface area contributed by atoms with Crippen molar-refractivity contribution < 1.29 is 9.90 Å². The van der Waals surface area contributed by atoms with E-state index in [0.717, 1.165) is 0 Å². The van der Waals surface area contributed by atoms with Gasteiger partial charge in [-0.2, -0.15) is 0 Å². The van der Waals surface area contributed by atoms with Crippen molar-refractivity contribution in [3.63, 3.8) is 0 Å². The van der Waals surface area contributed by atoms with Crippen molar-refractivity contribution in [3.05, 3.63) is 22.2 Å². The van der Waals surface area contributed by atoms with Gasteiger partial charge in [0.1, 0.15) is 11.6 Å². The van der Waals surface area contributed by atoms with Gasteiger partial charge in [-0.15, -0.1) is 0 Å². The summed E-state index contributed by atoms with van der Waals surface area (Å²) in [7, 11) is 0. The summed E-state index contributed by atoms with van der Waals surface area (Å²) in [4.78, 5) is 32.7. The summed E-state index contributed by atoms with van der Waals surface area (Å²) in [5, 5.41) is 8.71. The Morgan fingerprint density at radius 3 is 2.67 bits per heavy atom. The highest BCUT2D eigenvalue weighted by Crippen LogP contribution is 2.11. The van der Waals surface area contributed by atoms with Crippen molar-refractivity contribution in [3.8, 4) is 0 Å². The lowest BCUT2D eigenvalue weighted by atomic mass is 10.3. The van der Waals surface area contributed by atoms with Gasteiger partial charge in [0, 0.05) is 32.2 Å². The Labute approximate surface area is 104 Å². The summed E-state index contributed by atoms with van der Waals surface area (Å²) >= 11 is 0. The van der Waals surface area contributed by atoms with Crippen molar-refractivity contribution in [1.29, 1.82) is 0 Å². The zero-order valence-electron chi connectivity index (χ0n) is 10.2. The predicted octanol–water partition coefficient (Wildman–Crippen LogP) is -0.715. The first-order chi connectivity index (χ1) is 8.54. The van der Waals surface area contributed by atoms with Gasteiger partial charge in [-0.05, 0) is 6.92 Å². The number of carbonyl (C=O) groups is 1. The lowest BCUT2D eigenvalue weighted by Gasteiger charge is -2.34. The van der Waals surface area contributed by atoms with Gasteiger partial charge in [0.25, 0.3) is 5.56 Å². The summed E-state index contributed by atoms with van der Waals surface area (Å²) < 4.78 is 0. The molecule has 1 saturated heterocycles. The van der Waals surface area contributed by atoms with Gasteiger partial charge in [-0.1, -0.05) is 0 Å². The van der Waals surface area contributed by atoms with Crippen LogP contribution in [0.1, 0.15) is 5.82 Å². The Hall–Kier alpha value is -1.89. The third-order valence-electron chi connectivity index (χ3n) is 2.90. The predicted molar refractivity (Wildman–Crippen MR) is 65.9 cm³/mol. The van der Waals surface area contributed by atoms with Crippen molar-refractivity contribution in [2.45, 2.75) is 6.92 Å². The summed E-state index contributed by atoms with van der Waals surface area (Å²) in [6.07, 6.45) is 0. The number of rotatable bonds is 3. The molecular weight excluding hydrogens is 236 g/mol. The van der Waals surface area contributed by atoms with Gasteiger partial charge in [-0.25, -0.2) is 4.98 Å². The van der Waals surface area contributed by atoms with Crippen LogP contribution in [-0.2, 0) is 4.79 Å². The third-order valence-corrected chi connectivity index (χ3v) is 2.90. The number of nitrogens with one attached hydrogen (secondary N) is 1. The molecule has 2 rings (SSSR count). The van der Waals surface area contributed by atoms with E-state index in [2.05, 4.69) is 9.97 Å². The molecule has 0 radical (unpaired) electrons. The van der Waals surface area contributed by atoms with Gasteiger partial charge < -0.3 is 15.0 Å². The van der Waals surface area contributed by atoms with Gasteiger partial charge in [0.2, 0.25) is 0 Å². The van der Waals surface area contributed by atoms with Gasteiger partial charge in [-0.3, -0.25) is 14.5 Å². The van der Waals surface area contributed by atoms with Crippen LogP contribution in [0.4, 0.5) is 5.82 Å². The minimum Gasteiger partial charge on any atom is -0.480 e. The highest BCUT2D eigenvalue weighted by atomic mass is 16.4. The fourth-order valence-electron chi connectivity index (χ4n) is 2.05. The molecule has 0 unspecified atom stereocenters. The Balaban J connectivity index is 2.01. The van der Waals surface area contributed by atoms with E-state index < -0.39 is 5.97 Å². The molecule has 0 atom stereocenters. The number of H-pyrrole nitrogens is 1. The molecule has 18 heavy (non-hydrogen) atoms. The molecule has 7 nitrogen and oxygen atoms in total. The lowest BCUT2D eigenvalue weighted by Crippen LogP contribution is -2.48. The molecule has 7 heteroatoms. The first-order valence-electron chi connectivity index (χ1n) is 5.81. The average Bonchev–Trinajstić information content (AvgIpc) is 2.27. The second-order valence-electron chi connectivity index (χ2n) is 4.35. The number of hydrogen-bond acceptors (Lipinski definition) is 5. The van der Waals surface area contributed by atoms with E-state index >= 15 is 0 Å². The molecule has 98 valence electrons. The number of aliphatic carboxylic acids is 1. The maximum absolute atomic E-state index is 11.4. The van der Waals surface area contributed by atoms with E-state index in [0.29, 0.717) is 37.8 Å². The topological polar surface area (TPSA) is 89.5 Å². The molecule has 2 N–H and O–H groups in total. The minimum atomic E-state index is -0.812. The molecule has 1 aliphatic heterocycles. The summed E-state index contributed by atoms with van der Waals surface area (Å²) in [6.45, 7) is 4.51. The van der Waals surface area contributed by atoms with Crippen LogP contribution in [-0.4, -0.2) is 58.7 Å². The van der Waals surface area contributed by atoms with E-state index in [-0.39, 0.29) is 12.1 Å². The van der Waals surface area contributed by atoms with Gasteiger partial charge in [0.15, 0.2) is 0 Å². The quantitative estimate of drug-likeness (QED) is 0.738. The Morgan fingerprint density at radius 1 is 1.44 bits per heavy atom. The van der Waals surface area contributed by atoms with Gasteiger partial charge in [0.05, 0.1) is 6.54 Å². The van der Waals surface area contributed by atoms with E-state index in [4.69, 9.17) is 5.11 Å². The second kappa shape index (κ2) is 5.18. The summed E-state index contributed by atoms with van der Waals surface area (Å²) in [6, 6.07) is 1.47. The Morgan fingerprint density at radius 2 is 2.11 bits per heavy atom. The number of carboxylic acid groups (broad SMARTS) is 1. The van der Waals surface area contributed by atoms with Crippen molar-refractivity contribution >= 4 is 11.8 Å². The lowest BCUT2D eigenvalue weighted by molar-refractivity contribution is -0.138. The van der Waals surface area contributed by atoms with Crippen molar-refractivity contribution in [2.24, 2.45) is 0 Å². The largest absolute Gasteiger partial charge is 0.480 e. The molecule has 0 saturated carbocycles. The molecule has 1 aromatic rings. The van der Waals surface area contributed by atoms with E-state index in [9.17, 15) is 9.59 Å². The number of carboxylic acids is 1. The van der Waals surface area contributed by atoms with Gasteiger partial charge >= 0.3 is 5.97 Å². The highest BCUT2D eigenvalue weighted by molar-refractivity contribution is 5.69. The highest BCUT2D eigenvalue weighted by Gasteiger charge is 2.19. The smallest absolute Gasteiger partial charge is 0.317 e. The molecule has 0 aromatic carbocycles. The number of hydrogen-bond donors (Lipinski definition) is 2. The van der Waals surface area contributed by atoms with E-state index in [1.54, 1.807) is 6.92 Å². The first kappa shape index (κ1) is 12.6. The second-order valence-corrected chi connectivity index (χ2v) is 4.35. The van der Waals surface area contributed by atoms with E-state index in [1.807, 2.05) is 9.80 Å².